The van der Waals surface area contributed by atoms with Gasteiger partial charge in [0, 0.05) is 26.8 Å². The number of furan rings is 1. The van der Waals surface area contributed by atoms with E-state index in [0.29, 0.717) is 31.8 Å². The van der Waals surface area contributed by atoms with E-state index >= 15 is 0 Å². The summed E-state index contributed by atoms with van der Waals surface area (Å²) in [6.45, 7) is 3.25. The summed E-state index contributed by atoms with van der Waals surface area (Å²) in [4.78, 5) is 25.3. The minimum absolute atomic E-state index is 0.164. The Morgan fingerprint density at radius 3 is 2.91 bits per heavy atom. The van der Waals surface area contributed by atoms with Gasteiger partial charge < -0.3 is 24.5 Å². The van der Waals surface area contributed by atoms with Gasteiger partial charge in [-0.1, -0.05) is 6.92 Å². The van der Waals surface area contributed by atoms with Gasteiger partial charge in [0.15, 0.2) is 0 Å². The Bertz CT molecular complexity index is 517. The van der Waals surface area contributed by atoms with Gasteiger partial charge in [-0.2, -0.15) is 0 Å². The monoisotopic (exact) mass is 324 g/mol. The molecule has 3 unspecified atom stereocenters. The van der Waals surface area contributed by atoms with Gasteiger partial charge in [-0.05, 0) is 30.9 Å². The van der Waals surface area contributed by atoms with Crippen LogP contribution in [0, 0.1) is 11.8 Å². The molecule has 1 fully saturated rings. The number of hydrogen-bond donors (Lipinski definition) is 2. The van der Waals surface area contributed by atoms with Gasteiger partial charge >= 0.3 is 12.0 Å². The predicted octanol–water partition coefficient (Wildman–Crippen LogP) is 2.11. The number of hydrogen-bond acceptors (Lipinski definition) is 4. The zero-order valence-corrected chi connectivity index (χ0v) is 13.5. The zero-order valence-electron chi connectivity index (χ0n) is 13.5. The summed E-state index contributed by atoms with van der Waals surface area (Å²) in [7, 11) is 1.60. The van der Waals surface area contributed by atoms with Gasteiger partial charge in [-0.3, -0.25) is 4.79 Å². The van der Waals surface area contributed by atoms with E-state index in [9.17, 15) is 14.7 Å². The lowest BCUT2D eigenvalue weighted by Crippen LogP contribution is -2.50. The minimum atomic E-state index is -0.851. The molecule has 1 saturated heterocycles. The highest BCUT2D eigenvalue weighted by atomic mass is 16.5. The van der Waals surface area contributed by atoms with Crippen LogP contribution in [0.2, 0.25) is 0 Å². The van der Waals surface area contributed by atoms with Crippen LogP contribution in [0.4, 0.5) is 4.79 Å². The third kappa shape index (κ3) is 4.72. The van der Waals surface area contributed by atoms with Crippen molar-refractivity contribution in [1.29, 1.82) is 0 Å². The van der Waals surface area contributed by atoms with Crippen molar-refractivity contribution < 1.29 is 23.8 Å². The molecule has 1 aliphatic heterocycles. The Morgan fingerprint density at radius 1 is 1.52 bits per heavy atom. The summed E-state index contributed by atoms with van der Waals surface area (Å²) in [5.74, 6) is -0.534. The van der Waals surface area contributed by atoms with Crippen LogP contribution in [0.3, 0.4) is 0 Å². The zero-order chi connectivity index (χ0) is 16.8. The molecule has 7 nitrogen and oxygen atoms in total. The first-order valence-corrected chi connectivity index (χ1v) is 7.81. The van der Waals surface area contributed by atoms with E-state index in [0.717, 1.165) is 0 Å². The molecular formula is C16H24N2O5. The van der Waals surface area contributed by atoms with Crippen molar-refractivity contribution in [2.24, 2.45) is 11.8 Å². The summed E-state index contributed by atoms with van der Waals surface area (Å²) >= 11 is 0. The van der Waals surface area contributed by atoms with Crippen LogP contribution in [0.5, 0.6) is 0 Å². The highest BCUT2D eigenvalue weighted by Crippen LogP contribution is 2.23. The van der Waals surface area contributed by atoms with Crippen LogP contribution in [-0.2, 0) is 9.53 Å². The first kappa shape index (κ1) is 17.3. The van der Waals surface area contributed by atoms with Gasteiger partial charge in [-0.25, -0.2) is 4.79 Å². The minimum Gasteiger partial charge on any atom is -0.481 e. The molecule has 0 radical (unpaired) electrons. The second kappa shape index (κ2) is 8.01. The normalized spacial score (nSPS) is 22.6. The molecule has 0 aromatic carbocycles. The number of likely N-dealkylation sites (tertiary alicyclic amines) is 1. The molecule has 1 aliphatic rings. The van der Waals surface area contributed by atoms with Gasteiger partial charge in [0.25, 0.3) is 0 Å². The average molecular weight is 324 g/mol. The van der Waals surface area contributed by atoms with Crippen LogP contribution in [-0.4, -0.2) is 48.8 Å². The van der Waals surface area contributed by atoms with Crippen molar-refractivity contribution in [2.45, 2.75) is 25.8 Å². The molecule has 3 atom stereocenters. The quantitative estimate of drug-likeness (QED) is 0.836. The van der Waals surface area contributed by atoms with E-state index in [1.165, 1.54) is 0 Å². The van der Waals surface area contributed by atoms with Crippen molar-refractivity contribution in [3.63, 3.8) is 0 Å². The fraction of sp³-hybridized carbons (Fsp3) is 0.625. The van der Waals surface area contributed by atoms with E-state index < -0.39 is 11.9 Å². The van der Waals surface area contributed by atoms with E-state index in [1.807, 2.05) is 6.92 Å². The summed E-state index contributed by atoms with van der Waals surface area (Å²) in [5.41, 5.74) is 0. The number of carbonyl (C=O) groups is 2. The van der Waals surface area contributed by atoms with Crippen molar-refractivity contribution >= 4 is 12.0 Å². The Morgan fingerprint density at radius 2 is 2.30 bits per heavy atom. The molecule has 0 saturated carbocycles. The highest BCUT2D eigenvalue weighted by Gasteiger charge is 2.32. The van der Waals surface area contributed by atoms with E-state index in [4.69, 9.17) is 9.15 Å². The molecule has 2 heterocycles. The fourth-order valence-electron chi connectivity index (χ4n) is 2.95. The van der Waals surface area contributed by atoms with Gasteiger partial charge in [-0.15, -0.1) is 0 Å². The lowest BCUT2D eigenvalue weighted by atomic mass is 9.91. The third-order valence-corrected chi connectivity index (χ3v) is 4.09. The number of nitrogens with one attached hydrogen (secondary N) is 1. The Balaban J connectivity index is 2.01. The maximum atomic E-state index is 12.5. The molecule has 2 N–H and O–H groups in total. The van der Waals surface area contributed by atoms with E-state index in [-0.39, 0.29) is 24.5 Å². The van der Waals surface area contributed by atoms with Crippen LogP contribution >= 0.6 is 0 Å². The number of rotatable bonds is 6. The smallest absolute Gasteiger partial charge is 0.318 e. The highest BCUT2D eigenvalue weighted by molar-refractivity contribution is 5.77. The van der Waals surface area contributed by atoms with Crippen LogP contribution < -0.4 is 5.32 Å². The number of carboxylic acids is 1. The van der Waals surface area contributed by atoms with Crippen molar-refractivity contribution in [1.82, 2.24) is 10.2 Å². The van der Waals surface area contributed by atoms with Crippen LogP contribution in [0.15, 0.2) is 22.8 Å². The van der Waals surface area contributed by atoms with E-state index in [1.54, 1.807) is 30.4 Å². The lowest BCUT2D eigenvalue weighted by molar-refractivity contribution is -0.143. The Kier molecular flexibility index (Phi) is 6.04. The second-order valence-corrected chi connectivity index (χ2v) is 6.08. The molecule has 128 valence electrons. The Hall–Kier alpha value is -2.02. The summed E-state index contributed by atoms with van der Waals surface area (Å²) in [5, 5.41) is 12.1. The number of amides is 2. The van der Waals surface area contributed by atoms with Crippen LogP contribution in [0.1, 0.15) is 31.6 Å². The topological polar surface area (TPSA) is 92.0 Å². The predicted molar refractivity (Wildman–Crippen MR) is 83.0 cm³/mol. The number of carboxylic acid groups (broad SMARTS) is 1. The van der Waals surface area contributed by atoms with Gasteiger partial charge in [0.1, 0.15) is 5.76 Å². The number of ether oxygens (including phenoxy) is 1. The largest absolute Gasteiger partial charge is 0.481 e. The van der Waals surface area contributed by atoms with Crippen molar-refractivity contribution in [2.75, 3.05) is 26.8 Å². The number of urea groups is 1. The number of carbonyl (C=O) groups excluding carboxylic acids is 1. The average Bonchev–Trinajstić information content (AvgIpc) is 3.04. The first-order chi connectivity index (χ1) is 11.0. The fourth-order valence-corrected chi connectivity index (χ4v) is 2.95. The molecule has 7 heteroatoms. The van der Waals surface area contributed by atoms with Gasteiger partial charge in [0.05, 0.1) is 18.2 Å². The summed E-state index contributed by atoms with van der Waals surface area (Å²) in [6.07, 6.45) is 2.75. The molecule has 2 amide bonds. The number of methoxy groups -OCH3 is 1. The SMILES string of the molecule is COCCC(NC(=O)N1CC(C)CC(C(=O)O)C1)c1ccco1. The third-order valence-electron chi connectivity index (χ3n) is 4.09. The molecule has 0 aliphatic carbocycles. The molecule has 1 aromatic rings. The molecule has 2 rings (SSSR count). The van der Waals surface area contributed by atoms with Crippen molar-refractivity contribution in [3.8, 4) is 0 Å². The van der Waals surface area contributed by atoms with Crippen molar-refractivity contribution in [3.05, 3.63) is 24.2 Å². The molecule has 0 bridgehead atoms. The number of aliphatic carboxylic acids is 1. The van der Waals surface area contributed by atoms with E-state index in [2.05, 4.69) is 5.32 Å². The molecule has 0 spiro atoms. The molecule has 1 aromatic heterocycles. The summed E-state index contributed by atoms with van der Waals surface area (Å²) in [6, 6.07) is 3.02. The lowest BCUT2D eigenvalue weighted by Gasteiger charge is -2.35. The maximum Gasteiger partial charge on any atom is 0.318 e. The molecule has 23 heavy (non-hydrogen) atoms. The first-order valence-electron chi connectivity index (χ1n) is 7.81. The number of nitrogens with zero attached hydrogens (tertiary/aromatic N) is 1. The number of piperidine rings is 1. The van der Waals surface area contributed by atoms with Crippen LogP contribution in [0.25, 0.3) is 0 Å². The second-order valence-electron chi connectivity index (χ2n) is 6.08. The Labute approximate surface area is 135 Å². The summed E-state index contributed by atoms with van der Waals surface area (Å²) < 4.78 is 10.5. The maximum absolute atomic E-state index is 12.5. The standard InChI is InChI=1S/C16H24N2O5/c1-11-8-12(15(19)20)10-18(9-11)16(21)17-13(5-7-22-2)14-4-3-6-23-14/h3-4,6,11-13H,5,7-10H2,1-2H3,(H,17,21)(H,19,20). The van der Waals surface area contributed by atoms with Gasteiger partial charge in [0.2, 0.25) is 0 Å². The molecular weight excluding hydrogens is 300 g/mol.